The molecule has 0 fully saturated rings. The molecule has 19 heavy (non-hydrogen) atoms. The second kappa shape index (κ2) is 5.15. The highest BCUT2D eigenvalue weighted by Crippen LogP contribution is 2.26. The third-order valence-corrected chi connectivity index (χ3v) is 4.13. The summed E-state index contributed by atoms with van der Waals surface area (Å²) in [6.45, 7) is 2.76. The second-order valence-electron chi connectivity index (χ2n) is 5.26. The van der Waals surface area contributed by atoms with E-state index in [1.165, 1.54) is 24.3 Å². The summed E-state index contributed by atoms with van der Waals surface area (Å²) in [5.74, 6) is -0.324. The van der Waals surface area contributed by atoms with Gasteiger partial charge < -0.3 is 8.97 Å². The predicted molar refractivity (Wildman–Crippen MR) is 75.6 cm³/mol. The topological polar surface area (TPSA) is 48.2 Å². The first-order valence-corrected chi connectivity index (χ1v) is 7.00. The number of furan rings is 1. The molecule has 0 aliphatic heterocycles. The van der Waals surface area contributed by atoms with Crippen LogP contribution < -0.4 is 4.72 Å². The van der Waals surface area contributed by atoms with Crippen LogP contribution in [0.3, 0.4) is 0 Å². The van der Waals surface area contributed by atoms with E-state index in [0.717, 1.165) is 0 Å². The van der Waals surface area contributed by atoms with Gasteiger partial charge in [-0.25, -0.2) is 4.39 Å². The summed E-state index contributed by atoms with van der Waals surface area (Å²) in [7, 11) is 0. The van der Waals surface area contributed by atoms with E-state index in [0.29, 0.717) is 11.0 Å². The Hall–Kier alpha value is -1.04. The summed E-state index contributed by atoms with van der Waals surface area (Å²) in [5, 5.41) is 0.465. The zero-order valence-corrected chi connectivity index (χ0v) is 11.8. The monoisotopic (exact) mass is 286 g/mol. The molecule has 0 saturated carbocycles. The summed E-state index contributed by atoms with van der Waals surface area (Å²) in [4.78, 5) is 0. The third kappa shape index (κ3) is 3.29. The molecule has 2 rings (SSSR count). The van der Waals surface area contributed by atoms with E-state index in [4.69, 9.17) is 8.53 Å². The fourth-order valence-electron chi connectivity index (χ4n) is 1.52. The number of nitrogens with one attached hydrogen (secondary N) is 1. The number of benzene rings is 1. The Labute approximate surface area is 119 Å². The standard InChI is InChI=1S/C14H18FNO2S/c1-9(16-19(17)14(2,3)4)13-8-10-7-11(15)5-6-12(10)18-13/h5-9,16H,1-4H3/t9?,19-/m1/s1/i1D3. The normalized spacial score (nSPS) is 18.7. The molecule has 0 aliphatic rings. The van der Waals surface area contributed by atoms with Gasteiger partial charge in [-0.2, -0.15) is 0 Å². The molecule has 1 aromatic heterocycles. The van der Waals surface area contributed by atoms with Crippen LogP contribution in [0.2, 0.25) is 0 Å². The van der Waals surface area contributed by atoms with Crippen LogP contribution in [0.1, 0.15) is 43.5 Å². The molecule has 0 radical (unpaired) electrons. The van der Waals surface area contributed by atoms with Gasteiger partial charge in [0.25, 0.3) is 0 Å². The van der Waals surface area contributed by atoms with E-state index in [-0.39, 0.29) is 5.76 Å². The average molecular weight is 286 g/mol. The van der Waals surface area contributed by atoms with Crippen molar-refractivity contribution in [2.45, 2.75) is 38.4 Å². The SMILES string of the molecule is [2H]C([2H])([2H])C(N[S@+]([O-])C(C)(C)C)c1cc2cc(F)ccc2o1. The summed E-state index contributed by atoms with van der Waals surface area (Å²) in [5.41, 5.74) is 0.383. The quantitative estimate of drug-likeness (QED) is 0.875. The lowest BCUT2D eigenvalue weighted by atomic mass is 10.2. The van der Waals surface area contributed by atoms with Crippen LogP contribution in [0.4, 0.5) is 4.39 Å². The van der Waals surface area contributed by atoms with E-state index in [9.17, 15) is 8.94 Å². The van der Waals surface area contributed by atoms with E-state index >= 15 is 0 Å². The number of halogens is 1. The number of hydrogen-bond acceptors (Lipinski definition) is 3. The van der Waals surface area contributed by atoms with E-state index < -0.39 is 34.8 Å². The molecule has 0 amide bonds. The van der Waals surface area contributed by atoms with Crippen molar-refractivity contribution in [1.29, 1.82) is 0 Å². The molecule has 0 saturated heterocycles. The summed E-state index contributed by atoms with van der Waals surface area (Å²) >= 11 is -1.58. The highest BCUT2D eigenvalue weighted by atomic mass is 32.2. The van der Waals surface area contributed by atoms with Gasteiger partial charge in [-0.3, -0.25) is 0 Å². The molecule has 0 aliphatic carbocycles. The van der Waals surface area contributed by atoms with Crippen LogP contribution in [0.15, 0.2) is 28.7 Å². The average Bonchev–Trinajstić information content (AvgIpc) is 2.75. The van der Waals surface area contributed by atoms with Crippen LogP contribution in [0.5, 0.6) is 0 Å². The number of rotatable bonds is 3. The predicted octanol–water partition coefficient (Wildman–Crippen LogP) is 3.68. The van der Waals surface area contributed by atoms with Crippen molar-refractivity contribution in [3.63, 3.8) is 0 Å². The molecule has 104 valence electrons. The zero-order chi connectivity index (χ0) is 16.7. The van der Waals surface area contributed by atoms with Gasteiger partial charge in [0.05, 0.1) is 0 Å². The van der Waals surface area contributed by atoms with Crippen LogP contribution in [0, 0.1) is 5.82 Å². The first-order valence-electron chi connectivity index (χ1n) is 7.35. The minimum atomic E-state index is -2.45. The van der Waals surface area contributed by atoms with Crippen LogP contribution in [-0.4, -0.2) is 9.30 Å². The Bertz CT molecular complexity index is 666. The van der Waals surface area contributed by atoms with Crippen LogP contribution in [-0.2, 0) is 11.4 Å². The maximum atomic E-state index is 13.2. The molecule has 1 heterocycles. The molecular formula is C14H18FNO2S. The summed E-state index contributed by atoms with van der Waals surface area (Å²) in [6, 6.07) is 4.16. The summed E-state index contributed by atoms with van der Waals surface area (Å²) < 4.78 is 55.9. The van der Waals surface area contributed by atoms with Crippen LogP contribution in [0.25, 0.3) is 11.0 Å². The Morgan fingerprint density at radius 1 is 1.42 bits per heavy atom. The lowest BCUT2D eigenvalue weighted by molar-refractivity contribution is 0.475. The van der Waals surface area contributed by atoms with Gasteiger partial charge >= 0.3 is 0 Å². The Balaban J connectivity index is 2.39. The van der Waals surface area contributed by atoms with Gasteiger partial charge in [0.2, 0.25) is 0 Å². The molecule has 0 spiro atoms. The first-order chi connectivity index (χ1) is 9.98. The molecule has 1 unspecified atom stereocenters. The Morgan fingerprint density at radius 2 is 2.16 bits per heavy atom. The van der Waals surface area contributed by atoms with Crippen molar-refractivity contribution >= 4 is 22.3 Å². The minimum Gasteiger partial charge on any atom is -0.598 e. The minimum absolute atomic E-state index is 0.109. The second-order valence-corrected chi connectivity index (χ2v) is 7.26. The van der Waals surface area contributed by atoms with Crippen molar-refractivity contribution in [2.75, 3.05) is 0 Å². The molecular weight excluding hydrogens is 265 g/mol. The highest BCUT2D eigenvalue weighted by Gasteiger charge is 2.29. The van der Waals surface area contributed by atoms with Crippen LogP contribution >= 0.6 is 0 Å². The van der Waals surface area contributed by atoms with Crippen molar-refractivity contribution in [3.05, 3.63) is 35.8 Å². The van der Waals surface area contributed by atoms with Gasteiger partial charge in [-0.1, -0.05) is 0 Å². The zero-order valence-electron chi connectivity index (χ0n) is 14.0. The molecule has 2 atom stereocenters. The number of fused-ring (bicyclic) bond motifs is 1. The Kier molecular flexibility index (Phi) is 2.90. The van der Waals surface area contributed by atoms with Gasteiger partial charge in [0.1, 0.15) is 27.9 Å². The lowest BCUT2D eigenvalue weighted by Gasteiger charge is -2.25. The van der Waals surface area contributed by atoms with E-state index in [2.05, 4.69) is 4.72 Å². The molecule has 1 N–H and O–H groups in total. The smallest absolute Gasteiger partial charge is 0.136 e. The molecule has 2 aromatic rings. The van der Waals surface area contributed by atoms with Gasteiger partial charge in [-0.05, 0) is 51.9 Å². The van der Waals surface area contributed by atoms with Crippen molar-refractivity contribution in [3.8, 4) is 0 Å². The fourth-order valence-corrected chi connectivity index (χ4v) is 2.20. The Morgan fingerprint density at radius 3 is 2.79 bits per heavy atom. The van der Waals surface area contributed by atoms with Crippen molar-refractivity contribution in [1.82, 2.24) is 4.72 Å². The van der Waals surface area contributed by atoms with E-state index in [1.54, 1.807) is 20.8 Å². The fraction of sp³-hybridized carbons (Fsp3) is 0.429. The van der Waals surface area contributed by atoms with Gasteiger partial charge in [0, 0.05) is 20.9 Å². The van der Waals surface area contributed by atoms with Gasteiger partial charge in [-0.15, -0.1) is 4.72 Å². The largest absolute Gasteiger partial charge is 0.598 e. The molecule has 0 bridgehead atoms. The van der Waals surface area contributed by atoms with E-state index in [1.807, 2.05) is 0 Å². The molecule has 5 heteroatoms. The lowest BCUT2D eigenvalue weighted by Crippen LogP contribution is -2.40. The maximum Gasteiger partial charge on any atom is 0.136 e. The summed E-state index contributed by atoms with van der Waals surface area (Å²) in [6.07, 6.45) is 0. The maximum absolute atomic E-state index is 13.2. The first kappa shape index (κ1) is 10.7. The molecule has 1 aromatic carbocycles. The van der Waals surface area contributed by atoms with Crippen molar-refractivity contribution < 1.29 is 17.5 Å². The van der Waals surface area contributed by atoms with Gasteiger partial charge in [0.15, 0.2) is 0 Å². The number of hydrogen-bond donors (Lipinski definition) is 1. The van der Waals surface area contributed by atoms with Crippen molar-refractivity contribution in [2.24, 2.45) is 0 Å². The third-order valence-electron chi connectivity index (χ3n) is 2.56. The molecule has 3 nitrogen and oxygen atoms in total. The highest BCUT2D eigenvalue weighted by molar-refractivity contribution is 7.90.